The zero-order chi connectivity index (χ0) is 18.1. The summed E-state index contributed by atoms with van der Waals surface area (Å²) in [5, 5.41) is 0. The van der Waals surface area contributed by atoms with Crippen LogP contribution in [0.3, 0.4) is 0 Å². The molecule has 2 unspecified atom stereocenters. The quantitative estimate of drug-likeness (QED) is 0.640. The third kappa shape index (κ3) is 3.64. The van der Waals surface area contributed by atoms with Crippen molar-refractivity contribution in [1.82, 2.24) is 4.90 Å². The summed E-state index contributed by atoms with van der Waals surface area (Å²) in [6, 6.07) is 21.5. The number of hydrogen-bond acceptors (Lipinski definition) is 1. The van der Waals surface area contributed by atoms with E-state index in [4.69, 9.17) is 0 Å². The molecule has 0 amide bonds. The lowest BCUT2D eigenvalue weighted by molar-refractivity contribution is 0.0951. The molecule has 2 aromatic carbocycles. The molecule has 0 N–H and O–H groups in total. The molecule has 0 aliphatic carbocycles. The van der Waals surface area contributed by atoms with E-state index in [0.29, 0.717) is 12.1 Å². The van der Waals surface area contributed by atoms with E-state index in [0.717, 1.165) is 6.54 Å². The van der Waals surface area contributed by atoms with Gasteiger partial charge >= 0.3 is 0 Å². The molecule has 136 valence electrons. The normalized spacial score (nSPS) is 23.6. The van der Waals surface area contributed by atoms with E-state index in [-0.39, 0.29) is 5.41 Å². The molecular weight excluding hydrogens is 314 g/mol. The van der Waals surface area contributed by atoms with Gasteiger partial charge in [-0.05, 0) is 46.9 Å². The molecule has 4 rings (SSSR count). The summed E-state index contributed by atoms with van der Waals surface area (Å²) in [6.45, 7) is 8.00. The fourth-order valence-electron chi connectivity index (χ4n) is 4.56. The Hall–Kier alpha value is -1.86. The fourth-order valence-corrected chi connectivity index (χ4v) is 4.56. The van der Waals surface area contributed by atoms with E-state index in [1.165, 1.54) is 42.4 Å². The predicted octanol–water partition coefficient (Wildman–Crippen LogP) is 6.19. The highest BCUT2D eigenvalue weighted by atomic mass is 15.2. The fraction of sp³-hybridized carbons (Fsp3) is 0.440. The lowest BCUT2D eigenvalue weighted by Gasteiger charge is -2.45. The smallest absolute Gasteiger partial charge is 0.0290 e. The van der Waals surface area contributed by atoms with Gasteiger partial charge in [0.15, 0.2) is 0 Å². The van der Waals surface area contributed by atoms with Crippen molar-refractivity contribution in [1.29, 1.82) is 0 Å². The van der Waals surface area contributed by atoms with Gasteiger partial charge in [-0.1, -0.05) is 87.9 Å². The van der Waals surface area contributed by atoms with Crippen LogP contribution in [0.25, 0.3) is 5.57 Å². The van der Waals surface area contributed by atoms with Gasteiger partial charge in [-0.3, -0.25) is 4.90 Å². The van der Waals surface area contributed by atoms with E-state index in [1.807, 2.05) is 0 Å². The predicted molar refractivity (Wildman–Crippen MR) is 111 cm³/mol. The summed E-state index contributed by atoms with van der Waals surface area (Å²) in [5.74, 6) is 0. The molecule has 2 aliphatic rings. The SMILES string of the molecule is CC(C)(C)c1cccc(C2=CC3CCCC(C2)N3Cc2ccccc2)c1. The largest absolute Gasteiger partial charge is 0.289 e. The Balaban J connectivity index is 1.61. The molecule has 1 saturated heterocycles. The van der Waals surface area contributed by atoms with Gasteiger partial charge in [-0.2, -0.15) is 0 Å². The topological polar surface area (TPSA) is 3.24 Å². The van der Waals surface area contributed by atoms with E-state index in [1.54, 1.807) is 5.57 Å². The van der Waals surface area contributed by atoms with E-state index in [2.05, 4.69) is 86.3 Å². The van der Waals surface area contributed by atoms with Crippen LogP contribution in [0.15, 0.2) is 60.7 Å². The second-order valence-electron chi connectivity index (χ2n) is 9.04. The van der Waals surface area contributed by atoms with Crippen molar-refractivity contribution < 1.29 is 0 Å². The molecule has 1 heteroatoms. The van der Waals surface area contributed by atoms with E-state index in [9.17, 15) is 0 Å². The van der Waals surface area contributed by atoms with Gasteiger partial charge in [0.2, 0.25) is 0 Å². The molecule has 0 saturated carbocycles. The van der Waals surface area contributed by atoms with Crippen LogP contribution in [-0.2, 0) is 12.0 Å². The molecule has 1 nitrogen and oxygen atoms in total. The summed E-state index contributed by atoms with van der Waals surface area (Å²) < 4.78 is 0. The maximum atomic E-state index is 2.75. The number of piperidine rings is 1. The number of fused-ring (bicyclic) bond motifs is 2. The third-order valence-electron chi connectivity index (χ3n) is 6.09. The molecule has 0 aromatic heterocycles. The summed E-state index contributed by atoms with van der Waals surface area (Å²) in [7, 11) is 0. The second-order valence-corrected chi connectivity index (χ2v) is 9.04. The molecule has 1 fully saturated rings. The Morgan fingerprint density at radius 1 is 0.962 bits per heavy atom. The molecule has 26 heavy (non-hydrogen) atoms. The van der Waals surface area contributed by atoms with Gasteiger partial charge in [-0.15, -0.1) is 0 Å². The highest BCUT2D eigenvalue weighted by Crippen LogP contribution is 2.38. The Morgan fingerprint density at radius 2 is 1.77 bits per heavy atom. The molecule has 2 atom stereocenters. The van der Waals surface area contributed by atoms with Crippen LogP contribution >= 0.6 is 0 Å². The highest BCUT2D eigenvalue weighted by Gasteiger charge is 2.34. The van der Waals surface area contributed by atoms with Crippen molar-refractivity contribution in [3.05, 3.63) is 77.4 Å². The summed E-state index contributed by atoms with van der Waals surface area (Å²) >= 11 is 0. The lowest BCUT2D eigenvalue weighted by Crippen LogP contribution is -2.47. The standard InChI is InChI=1S/C25H31N/c1-25(2,3)22-12-7-11-20(15-22)21-16-23-13-8-14-24(17-21)26(23)18-19-9-5-4-6-10-19/h4-7,9-12,15-16,23-24H,8,13-14,17-18H2,1-3H3. The Kier molecular flexibility index (Phi) is 4.75. The van der Waals surface area contributed by atoms with Crippen LogP contribution in [0.2, 0.25) is 0 Å². The van der Waals surface area contributed by atoms with Crippen LogP contribution in [0, 0.1) is 0 Å². The first-order valence-electron chi connectivity index (χ1n) is 10.1. The Bertz CT molecular complexity index is 781. The van der Waals surface area contributed by atoms with Crippen molar-refractivity contribution in [2.45, 2.75) is 70.5 Å². The second kappa shape index (κ2) is 7.04. The maximum absolute atomic E-state index is 2.75. The maximum Gasteiger partial charge on any atom is 0.0290 e. The van der Waals surface area contributed by atoms with Crippen LogP contribution in [-0.4, -0.2) is 17.0 Å². The van der Waals surface area contributed by atoms with E-state index >= 15 is 0 Å². The van der Waals surface area contributed by atoms with Crippen LogP contribution in [0.5, 0.6) is 0 Å². The average Bonchev–Trinajstić information content (AvgIpc) is 2.62. The van der Waals surface area contributed by atoms with Gasteiger partial charge in [0.25, 0.3) is 0 Å². The first-order chi connectivity index (χ1) is 12.5. The highest BCUT2D eigenvalue weighted by molar-refractivity contribution is 5.68. The minimum atomic E-state index is 0.209. The number of hydrogen-bond donors (Lipinski definition) is 0. The zero-order valence-corrected chi connectivity index (χ0v) is 16.4. The summed E-state index contributed by atoms with van der Waals surface area (Å²) in [4.78, 5) is 2.75. The van der Waals surface area contributed by atoms with E-state index < -0.39 is 0 Å². The van der Waals surface area contributed by atoms with Gasteiger partial charge in [0.1, 0.15) is 0 Å². The monoisotopic (exact) mass is 345 g/mol. The Labute approximate surface area is 158 Å². The molecule has 2 heterocycles. The van der Waals surface area contributed by atoms with Crippen LogP contribution in [0.1, 0.15) is 63.1 Å². The minimum absolute atomic E-state index is 0.209. The Morgan fingerprint density at radius 3 is 2.50 bits per heavy atom. The van der Waals surface area contributed by atoms with Crippen molar-refractivity contribution in [2.24, 2.45) is 0 Å². The molecule has 0 radical (unpaired) electrons. The van der Waals surface area contributed by atoms with Gasteiger partial charge in [0.05, 0.1) is 0 Å². The number of rotatable bonds is 3. The number of nitrogens with zero attached hydrogens (tertiary/aromatic N) is 1. The van der Waals surface area contributed by atoms with Crippen molar-refractivity contribution in [3.63, 3.8) is 0 Å². The van der Waals surface area contributed by atoms with Gasteiger partial charge in [-0.25, -0.2) is 0 Å². The molecule has 2 aromatic rings. The van der Waals surface area contributed by atoms with Gasteiger partial charge < -0.3 is 0 Å². The van der Waals surface area contributed by atoms with Crippen molar-refractivity contribution in [2.75, 3.05) is 0 Å². The number of benzene rings is 2. The lowest BCUT2D eigenvalue weighted by atomic mass is 9.80. The molecular formula is C25H31N. The van der Waals surface area contributed by atoms with Crippen LogP contribution < -0.4 is 0 Å². The molecule has 2 bridgehead atoms. The van der Waals surface area contributed by atoms with Crippen molar-refractivity contribution >= 4 is 5.57 Å². The minimum Gasteiger partial charge on any atom is -0.289 e. The first kappa shape index (κ1) is 17.5. The summed E-state index contributed by atoms with van der Waals surface area (Å²) in [5.41, 5.74) is 6.09. The van der Waals surface area contributed by atoms with Crippen molar-refractivity contribution in [3.8, 4) is 0 Å². The zero-order valence-electron chi connectivity index (χ0n) is 16.4. The van der Waals surface area contributed by atoms with Crippen LogP contribution in [0.4, 0.5) is 0 Å². The molecule has 2 aliphatic heterocycles. The third-order valence-corrected chi connectivity index (χ3v) is 6.09. The van der Waals surface area contributed by atoms with Gasteiger partial charge in [0, 0.05) is 18.6 Å². The first-order valence-corrected chi connectivity index (χ1v) is 10.1. The summed E-state index contributed by atoms with van der Waals surface area (Å²) in [6.07, 6.45) is 7.76. The average molecular weight is 346 g/mol. The molecule has 0 spiro atoms.